The van der Waals surface area contributed by atoms with Crippen molar-refractivity contribution in [2.24, 2.45) is 5.11 Å². The molecular formula is C8H7N7. The molecule has 2 rings (SSSR count). The number of aromatic nitrogens is 3. The molecule has 7 nitrogen and oxygen atoms in total. The normalized spacial score (nSPS) is 9.80. The second kappa shape index (κ2) is 3.74. The van der Waals surface area contributed by atoms with Gasteiger partial charge in [-0.3, -0.25) is 0 Å². The fourth-order valence-electron chi connectivity index (χ4n) is 1.37. The number of nitriles is 1. The molecule has 0 amide bonds. The summed E-state index contributed by atoms with van der Waals surface area (Å²) in [7, 11) is 0. The fourth-order valence-corrected chi connectivity index (χ4v) is 1.37. The van der Waals surface area contributed by atoms with Crippen LogP contribution < -0.4 is 0 Å². The van der Waals surface area contributed by atoms with Crippen LogP contribution in [0.25, 0.3) is 16.1 Å². The molecule has 0 radical (unpaired) electrons. The highest BCUT2D eigenvalue weighted by Crippen LogP contribution is 2.07. The monoisotopic (exact) mass is 201 g/mol. The summed E-state index contributed by atoms with van der Waals surface area (Å²) >= 11 is 0. The van der Waals surface area contributed by atoms with Gasteiger partial charge in [0.05, 0.1) is 0 Å². The van der Waals surface area contributed by atoms with Gasteiger partial charge >= 0.3 is 0 Å². The minimum Gasteiger partial charge on any atom is -0.331 e. The molecule has 0 fully saturated rings. The van der Waals surface area contributed by atoms with Crippen molar-refractivity contribution in [2.45, 2.75) is 6.54 Å². The Morgan fingerprint density at radius 3 is 3.20 bits per heavy atom. The van der Waals surface area contributed by atoms with Gasteiger partial charge in [0.25, 0.3) is 0 Å². The lowest BCUT2D eigenvalue weighted by Gasteiger charge is -1.97. The van der Waals surface area contributed by atoms with Crippen LogP contribution in [-0.4, -0.2) is 20.7 Å². The van der Waals surface area contributed by atoms with E-state index in [2.05, 4.69) is 15.1 Å². The Kier molecular flexibility index (Phi) is 2.27. The maximum Gasteiger partial charge on any atom is 0.165 e. The third-order valence-corrected chi connectivity index (χ3v) is 2.02. The molecule has 0 saturated carbocycles. The molecule has 0 N–H and O–H groups in total. The Hall–Kier alpha value is -2.45. The predicted molar refractivity (Wildman–Crippen MR) is 51.9 cm³/mol. The number of fused-ring (bicyclic) bond motifs is 1. The topological polar surface area (TPSA) is 94.8 Å². The Labute approximate surface area is 84.8 Å². The Bertz CT molecular complexity index is 563. The van der Waals surface area contributed by atoms with E-state index in [1.54, 1.807) is 16.8 Å². The quantitative estimate of drug-likeness (QED) is 0.425. The fraction of sp³-hybridized carbons (Fsp3) is 0.250. The summed E-state index contributed by atoms with van der Waals surface area (Å²) in [6.07, 6.45) is 3.59. The smallest absolute Gasteiger partial charge is 0.165 e. The van der Waals surface area contributed by atoms with E-state index >= 15 is 0 Å². The predicted octanol–water partition coefficient (Wildman–Crippen LogP) is 1.32. The highest BCUT2D eigenvalue weighted by Gasteiger charge is 2.04. The van der Waals surface area contributed by atoms with E-state index in [1.165, 1.54) is 0 Å². The maximum atomic E-state index is 8.66. The first-order valence-corrected chi connectivity index (χ1v) is 4.30. The molecule has 2 aromatic heterocycles. The number of hydrogen-bond acceptors (Lipinski definition) is 3. The Morgan fingerprint density at radius 2 is 2.47 bits per heavy atom. The standard InChI is InChI=1S/C8H7N7/c9-6-7-5-8-14(2-1-11-13-10)3-4-15(8)12-7/h3-5H,1-2H2. The number of rotatable bonds is 3. The first-order chi connectivity index (χ1) is 7.35. The molecule has 15 heavy (non-hydrogen) atoms. The van der Waals surface area contributed by atoms with Gasteiger partial charge in [-0.15, -0.1) is 0 Å². The van der Waals surface area contributed by atoms with Gasteiger partial charge in [0.2, 0.25) is 0 Å². The molecule has 0 aliphatic carbocycles. The highest BCUT2D eigenvalue weighted by molar-refractivity contribution is 5.44. The van der Waals surface area contributed by atoms with E-state index in [9.17, 15) is 0 Å². The molecular weight excluding hydrogens is 194 g/mol. The van der Waals surface area contributed by atoms with Gasteiger partial charge in [-0.05, 0) is 5.53 Å². The number of azide groups is 1. The molecule has 0 unspecified atom stereocenters. The first kappa shape index (κ1) is 9.12. The second-order valence-corrected chi connectivity index (χ2v) is 2.89. The van der Waals surface area contributed by atoms with Gasteiger partial charge in [0.15, 0.2) is 5.69 Å². The highest BCUT2D eigenvalue weighted by atomic mass is 15.3. The molecule has 7 heteroatoms. The molecule has 2 heterocycles. The van der Waals surface area contributed by atoms with Crippen molar-refractivity contribution < 1.29 is 0 Å². The third kappa shape index (κ3) is 1.61. The third-order valence-electron chi connectivity index (χ3n) is 2.02. The van der Waals surface area contributed by atoms with Crippen molar-refractivity contribution in [1.29, 1.82) is 5.26 Å². The molecule has 0 bridgehead atoms. The minimum atomic E-state index is 0.378. The van der Waals surface area contributed by atoms with Crippen LogP contribution >= 0.6 is 0 Å². The summed E-state index contributed by atoms with van der Waals surface area (Å²) in [5.74, 6) is 0. The summed E-state index contributed by atoms with van der Waals surface area (Å²) in [4.78, 5) is 2.67. The Morgan fingerprint density at radius 1 is 1.60 bits per heavy atom. The van der Waals surface area contributed by atoms with Crippen molar-refractivity contribution in [3.8, 4) is 6.07 Å². The number of hydrogen-bond donors (Lipinski definition) is 0. The van der Waals surface area contributed by atoms with Crippen LogP contribution in [-0.2, 0) is 6.54 Å². The minimum absolute atomic E-state index is 0.378. The van der Waals surface area contributed by atoms with Gasteiger partial charge in [-0.2, -0.15) is 10.4 Å². The average Bonchev–Trinajstić information content (AvgIpc) is 2.79. The van der Waals surface area contributed by atoms with Crippen molar-refractivity contribution in [3.63, 3.8) is 0 Å². The van der Waals surface area contributed by atoms with E-state index in [1.807, 2.05) is 16.8 Å². The molecule has 0 atom stereocenters. The molecule has 74 valence electrons. The summed E-state index contributed by atoms with van der Waals surface area (Å²) in [6.45, 7) is 0.963. The largest absolute Gasteiger partial charge is 0.331 e. The van der Waals surface area contributed by atoms with Crippen LogP contribution in [0.5, 0.6) is 0 Å². The molecule has 0 saturated heterocycles. The van der Waals surface area contributed by atoms with Crippen LogP contribution in [0, 0.1) is 11.3 Å². The summed E-state index contributed by atoms with van der Waals surface area (Å²) < 4.78 is 3.50. The number of nitrogens with zero attached hydrogens (tertiary/aromatic N) is 7. The van der Waals surface area contributed by atoms with E-state index in [0.29, 0.717) is 18.8 Å². The zero-order valence-corrected chi connectivity index (χ0v) is 7.78. The van der Waals surface area contributed by atoms with Crippen LogP contribution in [0.2, 0.25) is 0 Å². The number of imidazole rings is 1. The lowest BCUT2D eigenvalue weighted by atomic mass is 10.5. The van der Waals surface area contributed by atoms with Crippen molar-refractivity contribution in [2.75, 3.05) is 6.54 Å². The SMILES string of the molecule is N#Cc1cc2n(CCN=[N+]=[N-])ccn2n1. The maximum absolute atomic E-state index is 8.66. The molecule has 0 aliphatic rings. The molecule has 0 aromatic carbocycles. The van der Waals surface area contributed by atoms with Crippen LogP contribution in [0.1, 0.15) is 5.69 Å². The average molecular weight is 201 g/mol. The zero-order chi connectivity index (χ0) is 10.7. The van der Waals surface area contributed by atoms with Crippen LogP contribution in [0.3, 0.4) is 0 Å². The summed E-state index contributed by atoms with van der Waals surface area (Å²) in [6, 6.07) is 3.66. The Balaban J connectivity index is 2.31. The zero-order valence-electron chi connectivity index (χ0n) is 7.78. The second-order valence-electron chi connectivity index (χ2n) is 2.89. The van der Waals surface area contributed by atoms with E-state index in [0.717, 1.165) is 5.65 Å². The van der Waals surface area contributed by atoms with Gasteiger partial charge in [-0.25, -0.2) is 4.52 Å². The summed E-state index contributed by atoms with van der Waals surface area (Å²) in [5, 5.41) is 16.1. The van der Waals surface area contributed by atoms with Gasteiger partial charge < -0.3 is 4.57 Å². The van der Waals surface area contributed by atoms with E-state index in [-0.39, 0.29) is 0 Å². The van der Waals surface area contributed by atoms with Gasteiger partial charge in [0.1, 0.15) is 11.7 Å². The van der Waals surface area contributed by atoms with Gasteiger partial charge in [0, 0.05) is 36.5 Å². The molecule has 2 aromatic rings. The van der Waals surface area contributed by atoms with Crippen molar-refractivity contribution in [3.05, 3.63) is 34.6 Å². The van der Waals surface area contributed by atoms with Crippen molar-refractivity contribution in [1.82, 2.24) is 14.2 Å². The molecule has 0 spiro atoms. The first-order valence-electron chi connectivity index (χ1n) is 4.30. The lowest BCUT2D eigenvalue weighted by Crippen LogP contribution is -1.98. The van der Waals surface area contributed by atoms with Crippen LogP contribution in [0.15, 0.2) is 23.6 Å². The summed E-state index contributed by atoms with van der Waals surface area (Å²) in [5.41, 5.74) is 9.34. The van der Waals surface area contributed by atoms with E-state index in [4.69, 9.17) is 10.8 Å². The lowest BCUT2D eigenvalue weighted by molar-refractivity contribution is 0.727. The molecule has 0 aliphatic heterocycles. The van der Waals surface area contributed by atoms with Crippen molar-refractivity contribution >= 4 is 5.65 Å². The van der Waals surface area contributed by atoms with Gasteiger partial charge in [-0.1, -0.05) is 5.11 Å². The van der Waals surface area contributed by atoms with Crippen LogP contribution in [0.4, 0.5) is 0 Å². The van der Waals surface area contributed by atoms with E-state index < -0.39 is 0 Å².